The molecule has 5 rings (SSSR count). The molecule has 2 aromatic heterocycles. The maximum atomic E-state index is 13.6. The predicted octanol–water partition coefficient (Wildman–Crippen LogP) is 6.57. The number of hydrogen-bond acceptors (Lipinski definition) is 10. The second-order valence-corrected chi connectivity index (χ2v) is 22.0. The minimum Gasteiger partial charge on any atom is -0.479 e. The van der Waals surface area contributed by atoms with E-state index in [1.165, 1.54) is 13.4 Å². The zero-order valence-electron chi connectivity index (χ0n) is 26.8. The number of halogens is 1. The van der Waals surface area contributed by atoms with Crippen LogP contribution in [0.4, 0.5) is 0 Å². The lowest BCUT2D eigenvalue weighted by molar-refractivity contribution is -0.0591. The van der Waals surface area contributed by atoms with Gasteiger partial charge in [0.25, 0.3) is 0 Å². The summed E-state index contributed by atoms with van der Waals surface area (Å²) in [7, 11) is -4.34. The van der Waals surface area contributed by atoms with Gasteiger partial charge in [0, 0.05) is 5.02 Å². The summed E-state index contributed by atoms with van der Waals surface area (Å²) in [5, 5.41) is 0.521. The lowest BCUT2D eigenvalue weighted by Gasteiger charge is -2.51. The van der Waals surface area contributed by atoms with Gasteiger partial charge in [0.2, 0.25) is 5.88 Å². The molecule has 4 heterocycles. The second-order valence-electron chi connectivity index (χ2n) is 12.7. The van der Waals surface area contributed by atoms with Gasteiger partial charge in [-0.2, -0.15) is 4.98 Å². The van der Waals surface area contributed by atoms with E-state index < -0.39 is 47.6 Å². The molecule has 0 spiro atoms. The molecule has 14 heteroatoms. The van der Waals surface area contributed by atoms with E-state index in [-0.39, 0.29) is 28.8 Å². The Balaban J connectivity index is 1.64. The number of fused-ring (bicyclic) bond motifs is 2. The Morgan fingerprint density at radius 3 is 2.18 bits per heavy atom. The predicted molar refractivity (Wildman–Crippen MR) is 170 cm³/mol. The molecule has 44 heavy (non-hydrogen) atoms. The minimum atomic E-state index is -3.05. The molecular weight excluding hydrogens is 620 g/mol. The van der Waals surface area contributed by atoms with Gasteiger partial charge >= 0.3 is 23.1 Å². The Kier molecular flexibility index (Phi) is 9.58. The van der Waals surface area contributed by atoms with Gasteiger partial charge in [0.1, 0.15) is 18.5 Å². The van der Waals surface area contributed by atoms with Crippen LogP contribution in [0.2, 0.25) is 27.2 Å². The van der Waals surface area contributed by atoms with Crippen molar-refractivity contribution in [2.45, 2.75) is 102 Å². The van der Waals surface area contributed by atoms with Crippen LogP contribution in [0.1, 0.15) is 72.0 Å². The molecule has 0 N–H and O–H groups in total. The molecule has 2 saturated heterocycles. The normalized spacial score (nSPS) is 25.0. The summed E-state index contributed by atoms with van der Waals surface area (Å²) in [6.07, 6.45) is 0.0590. The van der Waals surface area contributed by atoms with Gasteiger partial charge in [-0.1, -0.05) is 67.0 Å². The van der Waals surface area contributed by atoms with E-state index >= 15 is 0 Å². The number of carbonyl (C=O) groups is 1. The summed E-state index contributed by atoms with van der Waals surface area (Å²) in [4.78, 5) is 26.8. The molecule has 0 saturated carbocycles. The highest BCUT2D eigenvalue weighted by Crippen LogP contribution is 2.49. The van der Waals surface area contributed by atoms with Gasteiger partial charge in [-0.25, -0.2) is 14.8 Å². The number of methoxy groups -OCH3 is 1. The fourth-order valence-electron chi connectivity index (χ4n) is 6.42. The monoisotopic (exact) mass is 662 g/mol. The molecule has 0 unspecified atom stereocenters. The number of aromatic nitrogens is 4. The van der Waals surface area contributed by atoms with Gasteiger partial charge < -0.3 is 27.2 Å². The molecule has 2 fully saturated rings. The first-order chi connectivity index (χ1) is 20.8. The molecule has 3 aromatic rings. The largest absolute Gasteiger partial charge is 0.479 e. The quantitative estimate of drug-likeness (QED) is 0.194. The second kappa shape index (κ2) is 12.8. The smallest absolute Gasteiger partial charge is 0.338 e. The van der Waals surface area contributed by atoms with Gasteiger partial charge in [0.15, 0.2) is 23.5 Å². The van der Waals surface area contributed by atoms with E-state index in [2.05, 4.69) is 70.3 Å². The molecule has 0 aliphatic carbocycles. The Morgan fingerprint density at radius 2 is 1.59 bits per heavy atom. The van der Waals surface area contributed by atoms with Crippen LogP contribution in [0.5, 0.6) is 5.88 Å². The van der Waals surface area contributed by atoms with Crippen LogP contribution >= 0.6 is 11.6 Å². The first-order valence-electron chi connectivity index (χ1n) is 15.2. The van der Waals surface area contributed by atoms with Crippen molar-refractivity contribution in [3.05, 3.63) is 47.5 Å². The Bertz CT molecular complexity index is 1450. The van der Waals surface area contributed by atoms with Crippen molar-refractivity contribution in [1.29, 1.82) is 0 Å². The number of hydrogen-bond donors (Lipinski definition) is 0. The number of imidazole rings is 1. The van der Waals surface area contributed by atoms with E-state index in [0.29, 0.717) is 27.6 Å². The maximum absolute atomic E-state index is 13.6. The Morgan fingerprint density at radius 1 is 0.955 bits per heavy atom. The third-order valence-corrected chi connectivity index (χ3v) is 19.2. The van der Waals surface area contributed by atoms with E-state index in [4.69, 9.17) is 38.8 Å². The first-order valence-corrected chi connectivity index (χ1v) is 19.5. The standard InChI is InChI=1S/C30H43ClN4O7Si2/c1-17(2)43(18(3)4)38-14-23-25(41-44(42-43,19(5)6)20(7)8)26(40-30(36)21-10-12-22(31)13-11-21)29(39-23)35-16-34-24-27(35)32-15-33-28(24)37-9/h10-13,15-20,23,25-26,29H,14H2,1-9H3/t23-,25-,26+,29-/m1/s1. The maximum Gasteiger partial charge on any atom is 0.338 e. The summed E-state index contributed by atoms with van der Waals surface area (Å²) in [6, 6.07) is 6.58. The van der Waals surface area contributed by atoms with Crippen molar-refractivity contribution in [2.24, 2.45) is 0 Å². The molecule has 4 atom stereocenters. The zero-order chi connectivity index (χ0) is 32.0. The molecule has 0 bridgehead atoms. The highest BCUT2D eigenvalue weighted by Gasteiger charge is 2.62. The molecule has 11 nitrogen and oxygen atoms in total. The van der Waals surface area contributed by atoms with E-state index in [1.807, 2.05) is 0 Å². The van der Waals surface area contributed by atoms with Gasteiger partial charge in [-0.15, -0.1) is 0 Å². The van der Waals surface area contributed by atoms with Crippen molar-refractivity contribution in [3.8, 4) is 5.88 Å². The van der Waals surface area contributed by atoms with Crippen molar-refractivity contribution in [1.82, 2.24) is 19.5 Å². The zero-order valence-corrected chi connectivity index (χ0v) is 29.6. The third-order valence-electron chi connectivity index (χ3n) is 8.73. The SMILES string of the molecule is COc1ncnc2c1ncn2[C@@H]1O[C@@H]2CO[Si](C(C)C)(C(C)C)O[Si](C(C)C)(C(C)C)O[C@H]2[C@@H]1OC(=O)c1ccc(Cl)cc1. The summed E-state index contributed by atoms with van der Waals surface area (Å²) < 4.78 is 41.8. The molecule has 1 aromatic carbocycles. The van der Waals surface area contributed by atoms with E-state index in [1.54, 1.807) is 35.2 Å². The summed E-state index contributed by atoms with van der Waals surface area (Å²) in [6.45, 7) is 17.5. The molecule has 0 radical (unpaired) electrons. The van der Waals surface area contributed by atoms with E-state index in [0.717, 1.165) is 0 Å². The average molecular weight is 663 g/mol. The minimum absolute atomic E-state index is 0.0759. The highest BCUT2D eigenvalue weighted by atomic mass is 35.5. The summed E-state index contributed by atoms with van der Waals surface area (Å²) in [5.74, 6) is -0.198. The van der Waals surface area contributed by atoms with Crippen LogP contribution in [-0.2, 0) is 22.4 Å². The number of rotatable bonds is 8. The van der Waals surface area contributed by atoms with Crippen molar-refractivity contribution in [3.63, 3.8) is 0 Å². The first kappa shape index (κ1) is 33.0. The van der Waals surface area contributed by atoms with Crippen LogP contribution < -0.4 is 4.74 Å². The number of carbonyl (C=O) groups excluding carboxylic acids is 1. The van der Waals surface area contributed by atoms with Gasteiger partial charge in [0.05, 0.1) is 25.6 Å². The lowest BCUT2D eigenvalue weighted by Crippen LogP contribution is -2.66. The Labute approximate surface area is 266 Å². The topological polar surface area (TPSA) is 116 Å². The lowest BCUT2D eigenvalue weighted by atomic mass is 10.1. The fraction of sp³-hybridized carbons (Fsp3) is 0.600. The van der Waals surface area contributed by atoms with Crippen molar-refractivity contribution < 1.29 is 32.0 Å². The fourth-order valence-corrected chi connectivity index (χ4v) is 17.7. The van der Waals surface area contributed by atoms with Gasteiger partial charge in [-0.05, 0) is 46.4 Å². The number of esters is 1. The average Bonchev–Trinajstić information content (AvgIpc) is 3.53. The van der Waals surface area contributed by atoms with E-state index in [9.17, 15) is 4.79 Å². The molecular formula is C30H43ClN4O7Si2. The van der Waals surface area contributed by atoms with Crippen LogP contribution in [0, 0.1) is 0 Å². The number of benzene rings is 1. The van der Waals surface area contributed by atoms with Crippen molar-refractivity contribution in [2.75, 3.05) is 13.7 Å². The van der Waals surface area contributed by atoms with Crippen molar-refractivity contribution >= 4 is 45.9 Å². The molecule has 2 aliphatic rings. The third kappa shape index (κ3) is 5.72. The summed E-state index contributed by atoms with van der Waals surface area (Å²) >= 11 is 6.10. The van der Waals surface area contributed by atoms with Crippen LogP contribution in [0.15, 0.2) is 36.9 Å². The molecule has 2 aliphatic heterocycles. The number of ether oxygens (including phenoxy) is 3. The highest BCUT2D eigenvalue weighted by molar-refractivity contribution is 6.84. The van der Waals surface area contributed by atoms with Crippen LogP contribution in [0.25, 0.3) is 11.2 Å². The Hall–Kier alpha value is -2.40. The van der Waals surface area contributed by atoms with Crippen LogP contribution in [0.3, 0.4) is 0 Å². The van der Waals surface area contributed by atoms with Gasteiger partial charge in [-0.3, -0.25) is 4.57 Å². The summed E-state index contributed by atoms with van der Waals surface area (Å²) in [5.41, 5.74) is 1.79. The molecule has 240 valence electrons. The number of nitrogens with zero attached hydrogens (tertiary/aromatic N) is 4. The van der Waals surface area contributed by atoms with Crippen LogP contribution in [-0.4, -0.2) is 74.6 Å². The molecule has 0 amide bonds.